The van der Waals surface area contributed by atoms with Crippen LogP contribution in [-0.4, -0.2) is 50.0 Å². The van der Waals surface area contributed by atoms with Crippen LogP contribution in [0.5, 0.6) is 0 Å². The summed E-state index contributed by atoms with van der Waals surface area (Å²) >= 11 is 6.53. The van der Waals surface area contributed by atoms with Crippen molar-refractivity contribution in [1.82, 2.24) is 4.90 Å². The summed E-state index contributed by atoms with van der Waals surface area (Å²) in [6.07, 6.45) is 16.6. The maximum atomic E-state index is 13.1. The molecule has 5 atom stereocenters. The third-order valence-electron chi connectivity index (χ3n) is 9.61. The molecule has 1 saturated carbocycles. The average molecular weight is 548 g/mol. The maximum absolute atomic E-state index is 13.1. The summed E-state index contributed by atoms with van der Waals surface area (Å²) in [6, 6.07) is 0.539. The lowest BCUT2D eigenvalue weighted by Crippen LogP contribution is -2.61. The highest BCUT2D eigenvalue weighted by atomic mass is 35.5. The predicted molar refractivity (Wildman–Crippen MR) is 158 cm³/mol. The lowest BCUT2D eigenvalue weighted by atomic mass is 9.70. The van der Waals surface area contributed by atoms with Gasteiger partial charge in [-0.1, -0.05) is 70.4 Å². The van der Waals surface area contributed by atoms with Gasteiger partial charge in [-0.2, -0.15) is 0 Å². The fourth-order valence-corrected chi connectivity index (χ4v) is 7.84. The van der Waals surface area contributed by atoms with Gasteiger partial charge in [0.25, 0.3) is 0 Å². The van der Waals surface area contributed by atoms with Crippen LogP contribution in [0.4, 0.5) is 0 Å². The number of allylic oxidation sites excluding steroid dienone is 1. The van der Waals surface area contributed by atoms with Crippen molar-refractivity contribution in [2.45, 2.75) is 115 Å². The Balaban J connectivity index is 1.58. The number of carbonyl (C=O) groups is 1. The standard InChI is InChI=1S/C31H50ClNO3Si/c1-9-23(3)28-14-12-19-31(28)18-11-13-26-16-15-24(22-33(26)31)29(34)35-20-17-25(32)21-27(10-2)36-37(7,8)30(4,5)6/h9-10,15,21,23,26-28H,1-2,11-14,16-20,22H2,3-8H3/b25-21-/t23-,26+,27+,28+,31+/m0/s1. The first-order valence-corrected chi connectivity index (χ1v) is 17.6. The molecule has 0 amide bonds. The Morgan fingerprint density at radius 2 is 1.92 bits per heavy atom. The van der Waals surface area contributed by atoms with E-state index in [1.807, 2.05) is 6.08 Å². The van der Waals surface area contributed by atoms with E-state index in [0.717, 1.165) is 12.0 Å². The van der Waals surface area contributed by atoms with E-state index in [9.17, 15) is 4.79 Å². The van der Waals surface area contributed by atoms with E-state index in [1.165, 1.54) is 38.5 Å². The van der Waals surface area contributed by atoms with E-state index in [0.29, 0.717) is 35.9 Å². The Hall–Kier alpha value is -1.14. The summed E-state index contributed by atoms with van der Waals surface area (Å²) in [4.78, 5) is 15.8. The Bertz CT molecular complexity index is 905. The lowest BCUT2D eigenvalue weighted by Gasteiger charge is -2.55. The normalized spacial score (nSPS) is 28.8. The monoisotopic (exact) mass is 547 g/mol. The molecule has 37 heavy (non-hydrogen) atoms. The lowest BCUT2D eigenvalue weighted by molar-refractivity contribution is -0.140. The summed E-state index contributed by atoms with van der Waals surface area (Å²) in [5.74, 6) is 0.919. The van der Waals surface area contributed by atoms with Crippen LogP contribution in [-0.2, 0) is 14.0 Å². The Labute approximate surface area is 232 Å². The Morgan fingerprint density at radius 3 is 2.54 bits per heavy atom. The number of piperidine rings is 1. The first-order chi connectivity index (χ1) is 17.3. The molecule has 1 aliphatic carbocycles. The van der Waals surface area contributed by atoms with Gasteiger partial charge >= 0.3 is 5.97 Å². The molecule has 6 heteroatoms. The molecule has 0 unspecified atom stereocenters. The minimum absolute atomic E-state index is 0.103. The van der Waals surface area contributed by atoms with Crippen LogP contribution >= 0.6 is 11.6 Å². The van der Waals surface area contributed by atoms with Gasteiger partial charge in [0.15, 0.2) is 8.32 Å². The van der Waals surface area contributed by atoms with Gasteiger partial charge in [-0.15, -0.1) is 13.2 Å². The van der Waals surface area contributed by atoms with Crippen LogP contribution < -0.4 is 0 Å². The molecular weight excluding hydrogens is 498 g/mol. The number of ether oxygens (including phenoxy) is 1. The highest BCUT2D eigenvalue weighted by molar-refractivity contribution is 6.74. The summed E-state index contributed by atoms with van der Waals surface area (Å²) < 4.78 is 12.1. The Kier molecular flexibility index (Phi) is 10.2. The molecular formula is C31H50ClNO3Si. The molecule has 0 aromatic carbocycles. The van der Waals surface area contributed by atoms with Gasteiger partial charge in [0, 0.05) is 35.2 Å². The average Bonchev–Trinajstić information content (AvgIpc) is 3.26. The first-order valence-electron chi connectivity index (χ1n) is 14.3. The van der Waals surface area contributed by atoms with Crippen molar-refractivity contribution in [3.05, 3.63) is 48.1 Å². The molecule has 4 nitrogen and oxygen atoms in total. The zero-order valence-corrected chi connectivity index (χ0v) is 25.9. The van der Waals surface area contributed by atoms with Crippen molar-refractivity contribution in [2.75, 3.05) is 13.2 Å². The third-order valence-corrected chi connectivity index (χ3v) is 14.4. The van der Waals surface area contributed by atoms with Crippen LogP contribution in [0.2, 0.25) is 18.1 Å². The van der Waals surface area contributed by atoms with E-state index in [1.54, 1.807) is 6.08 Å². The van der Waals surface area contributed by atoms with Crippen LogP contribution in [0.1, 0.15) is 79.1 Å². The molecule has 2 aliphatic heterocycles. The number of nitrogens with zero attached hydrogens (tertiary/aromatic N) is 1. The minimum Gasteiger partial charge on any atom is -0.462 e. The SMILES string of the molecule is C=C[C@H](/C=C(\Cl)CCOC(=O)C1=CC[C@H]2CCC[C@]3(CCC[C@@H]3[C@@H](C)C=C)N2C1)O[Si](C)(C)C(C)(C)C. The van der Waals surface area contributed by atoms with Gasteiger partial charge in [-0.25, -0.2) is 4.79 Å². The Morgan fingerprint density at radius 1 is 1.24 bits per heavy atom. The minimum atomic E-state index is -1.95. The fraction of sp³-hybridized carbons (Fsp3) is 0.710. The molecule has 0 aromatic heterocycles. The molecule has 1 spiro atoms. The molecule has 3 rings (SSSR count). The van der Waals surface area contributed by atoms with Crippen molar-refractivity contribution in [3.8, 4) is 0 Å². The molecule has 0 bridgehead atoms. The zero-order valence-electron chi connectivity index (χ0n) is 24.2. The van der Waals surface area contributed by atoms with Gasteiger partial charge in [-0.3, -0.25) is 4.90 Å². The number of hydrogen-bond donors (Lipinski definition) is 0. The van der Waals surface area contributed by atoms with Crippen molar-refractivity contribution in [2.24, 2.45) is 11.8 Å². The second-order valence-electron chi connectivity index (χ2n) is 12.9. The van der Waals surface area contributed by atoms with Crippen LogP contribution in [0.25, 0.3) is 0 Å². The molecule has 2 heterocycles. The van der Waals surface area contributed by atoms with Gasteiger partial charge < -0.3 is 9.16 Å². The molecule has 0 aromatic rings. The molecule has 0 N–H and O–H groups in total. The van der Waals surface area contributed by atoms with E-state index < -0.39 is 8.32 Å². The highest BCUT2D eigenvalue weighted by Crippen LogP contribution is 2.52. The topological polar surface area (TPSA) is 38.8 Å². The number of esters is 1. The zero-order chi connectivity index (χ0) is 27.4. The molecule has 208 valence electrons. The number of rotatable bonds is 10. The van der Waals surface area contributed by atoms with E-state index >= 15 is 0 Å². The van der Waals surface area contributed by atoms with Crippen molar-refractivity contribution < 1.29 is 14.0 Å². The van der Waals surface area contributed by atoms with Crippen molar-refractivity contribution in [3.63, 3.8) is 0 Å². The maximum Gasteiger partial charge on any atom is 0.335 e. The molecule has 2 fully saturated rings. The molecule has 1 saturated heterocycles. The highest BCUT2D eigenvalue weighted by Gasteiger charge is 2.52. The second kappa shape index (κ2) is 12.4. The number of halogens is 1. The summed E-state index contributed by atoms with van der Waals surface area (Å²) in [6.45, 7) is 22.4. The third kappa shape index (κ3) is 6.90. The van der Waals surface area contributed by atoms with Crippen molar-refractivity contribution in [1.29, 1.82) is 0 Å². The van der Waals surface area contributed by atoms with Gasteiger partial charge in [0.1, 0.15) is 0 Å². The fourth-order valence-electron chi connectivity index (χ4n) is 6.44. The van der Waals surface area contributed by atoms with Crippen LogP contribution in [0.15, 0.2) is 48.1 Å². The van der Waals surface area contributed by atoms with E-state index in [2.05, 4.69) is 71.0 Å². The molecule has 0 radical (unpaired) electrons. The quantitative estimate of drug-likeness (QED) is 0.157. The summed E-state index contributed by atoms with van der Waals surface area (Å²) in [5.41, 5.74) is 1.01. The van der Waals surface area contributed by atoms with Crippen LogP contribution in [0, 0.1) is 11.8 Å². The second-order valence-corrected chi connectivity index (χ2v) is 18.2. The number of carbonyl (C=O) groups excluding carboxylic acids is 1. The summed E-state index contributed by atoms with van der Waals surface area (Å²) in [5, 5.41) is 0.739. The van der Waals surface area contributed by atoms with E-state index in [-0.39, 0.29) is 29.3 Å². The predicted octanol–water partition coefficient (Wildman–Crippen LogP) is 8.16. The first kappa shape index (κ1) is 30.4. The smallest absolute Gasteiger partial charge is 0.335 e. The number of hydrogen-bond acceptors (Lipinski definition) is 4. The van der Waals surface area contributed by atoms with Crippen molar-refractivity contribution >= 4 is 25.9 Å². The van der Waals surface area contributed by atoms with E-state index in [4.69, 9.17) is 20.8 Å². The van der Waals surface area contributed by atoms with Crippen LogP contribution in [0.3, 0.4) is 0 Å². The van der Waals surface area contributed by atoms with Gasteiger partial charge in [-0.05, 0) is 68.1 Å². The van der Waals surface area contributed by atoms with Gasteiger partial charge in [0.05, 0.1) is 12.7 Å². The van der Waals surface area contributed by atoms with Gasteiger partial charge in [0.2, 0.25) is 0 Å². The molecule has 3 aliphatic rings. The number of fused-ring (bicyclic) bond motifs is 2. The summed E-state index contributed by atoms with van der Waals surface area (Å²) in [7, 11) is -1.95. The largest absolute Gasteiger partial charge is 0.462 e.